The van der Waals surface area contributed by atoms with Gasteiger partial charge in [-0.3, -0.25) is 4.79 Å². The van der Waals surface area contributed by atoms with E-state index in [0.717, 1.165) is 13.0 Å². The third-order valence-corrected chi connectivity index (χ3v) is 1.92. The average molecular weight is 223 g/mol. The molecule has 0 radical (unpaired) electrons. The second-order valence-corrected chi connectivity index (χ2v) is 3.23. The molecule has 0 aromatic carbocycles. The Balaban J connectivity index is 2.50. The van der Waals surface area contributed by atoms with Crippen molar-refractivity contribution < 1.29 is 4.79 Å². The number of carbonyl (C=O) groups excluding carboxylic acids is 1. The van der Waals surface area contributed by atoms with Gasteiger partial charge in [-0.15, -0.1) is 10.2 Å². The van der Waals surface area contributed by atoms with Crippen LogP contribution in [-0.4, -0.2) is 35.7 Å². The van der Waals surface area contributed by atoms with Gasteiger partial charge in [0.2, 0.25) is 0 Å². The standard InChI is InChI=1S/C10H17N5O/c1-2-12-10(16)8-4-5-9(15-14-8)13-7-3-6-11/h4-5H,2-3,6-7,11H2,1H3,(H,12,16)(H,13,15). The van der Waals surface area contributed by atoms with E-state index in [4.69, 9.17) is 5.73 Å². The van der Waals surface area contributed by atoms with E-state index in [0.29, 0.717) is 24.6 Å². The van der Waals surface area contributed by atoms with E-state index in [2.05, 4.69) is 20.8 Å². The molecule has 0 atom stereocenters. The lowest BCUT2D eigenvalue weighted by molar-refractivity contribution is 0.0950. The predicted octanol–water partition coefficient (Wildman–Crippen LogP) is -0.0130. The van der Waals surface area contributed by atoms with Gasteiger partial charge in [0.05, 0.1) is 0 Å². The van der Waals surface area contributed by atoms with Gasteiger partial charge in [-0.1, -0.05) is 0 Å². The third-order valence-electron chi connectivity index (χ3n) is 1.92. The molecule has 0 aliphatic heterocycles. The van der Waals surface area contributed by atoms with Gasteiger partial charge in [-0.2, -0.15) is 0 Å². The van der Waals surface area contributed by atoms with Crippen molar-refractivity contribution >= 4 is 11.7 Å². The molecule has 16 heavy (non-hydrogen) atoms. The number of nitrogens with two attached hydrogens (primary N) is 1. The summed E-state index contributed by atoms with van der Waals surface area (Å²) < 4.78 is 0. The van der Waals surface area contributed by atoms with Crippen LogP contribution in [0.15, 0.2) is 12.1 Å². The summed E-state index contributed by atoms with van der Waals surface area (Å²) >= 11 is 0. The van der Waals surface area contributed by atoms with Gasteiger partial charge in [0, 0.05) is 13.1 Å². The van der Waals surface area contributed by atoms with E-state index in [1.54, 1.807) is 12.1 Å². The molecule has 88 valence electrons. The number of nitrogens with one attached hydrogen (secondary N) is 2. The molecular formula is C10H17N5O. The molecule has 1 aromatic rings. The molecule has 0 saturated heterocycles. The highest BCUT2D eigenvalue weighted by Crippen LogP contribution is 2.01. The van der Waals surface area contributed by atoms with Crippen molar-refractivity contribution in [1.82, 2.24) is 15.5 Å². The van der Waals surface area contributed by atoms with Crippen LogP contribution in [0.4, 0.5) is 5.82 Å². The largest absolute Gasteiger partial charge is 0.369 e. The van der Waals surface area contributed by atoms with Crippen molar-refractivity contribution in [2.24, 2.45) is 5.73 Å². The number of nitrogens with zero attached hydrogens (tertiary/aromatic N) is 2. The smallest absolute Gasteiger partial charge is 0.271 e. The summed E-state index contributed by atoms with van der Waals surface area (Å²) in [7, 11) is 0. The molecule has 0 aliphatic carbocycles. The summed E-state index contributed by atoms with van der Waals surface area (Å²) in [5.74, 6) is 0.449. The van der Waals surface area contributed by atoms with Crippen LogP contribution in [0.2, 0.25) is 0 Å². The first-order valence-electron chi connectivity index (χ1n) is 5.33. The van der Waals surface area contributed by atoms with Crippen molar-refractivity contribution in [2.75, 3.05) is 25.0 Å². The first-order chi connectivity index (χ1) is 7.77. The number of anilines is 1. The molecule has 4 N–H and O–H groups in total. The maximum atomic E-state index is 11.4. The molecule has 6 nitrogen and oxygen atoms in total. The zero-order valence-electron chi connectivity index (χ0n) is 9.36. The molecule has 0 fully saturated rings. The van der Waals surface area contributed by atoms with Crippen LogP contribution in [0.5, 0.6) is 0 Å². The summed E-state index contributed by atoms with van der Waals surface area (Å²) in [6.45, 7) is 3.83. The highest BCUT2D eigenvalue weighted by molar-refractivity contribution is 5.92. The lowest BCUT2D eigenvalue weighted by Gasteiger charge is -2.04. The van der Waals surface area contributed by atoms with Crippen LogP contribution in [0.1, 0.15) is 23.8 Å². The maximum Gasteiger partial charge on any atom is 0.271 e. The highest BCUT2D eigenvalue weighted by atomic mass is 16.1. The van der Waals surface area contributed by atoms with Crippen molar-refractivity contribution in [2.45, 2.75) is 13.3 Å². The van der Waals surface area contributed by atoms with E-state index in [9.17, 15) is 4.79 Å². The first kappa shape index (κ1) is 12.4. The second kappa shape index (κ2) is 6.73. The van der Waals surface area contributed by atoms with Crippen LogP contribution >= 0.6 is 0 Å². The van der Waals surface area contributed by atoms with Crippen LogP contribution in [0, 0.1) is 0 Å². The summed E-state index contributed by atoms with van der Waals surface area (Å²) in [6.07, 6.45) is 0.875. The number of hydrogen-bond acceptors (Lipinski definition) is 5. The van der Waals surface area contributed by atoms with Crippen molar-refractivity contribution in [3.63, 3.8) is 0 Å². The number of hydrogen-bond donors (Lipinski definition) is 3. The van der Waals surface area contributed by atoms with Crippen LogP contribution < -0.4 is 16.4 Å². The summed E-state index contributed by atoms with van der Waals surface area (Å²) in [4.78, 5) is 11.4. The lowest BCUT2D eigenvalue weighted by atomic mass is 10.3. The van der Waals surface area contributed by atoms with Gasteiger partial charge in [-0.05, 0) is 32.0 Å². The molecule has 1 heterocycles. The number of carbonyl (C=O) groups is 1. The monoisotopic (exact) mass is 223 g/mol. The zero-order valence-corrected chi connectivity index (χ0v) is 9.36. The Hall–Kier alpha value is -1.69. The number of aromatic nitrogens is 2. The fourth-order valence-electron chi connectivity index (χ4n) is 1.12. The number of rotatable bonds is 6. The zero-order chi connectivity index (χ0) is 11.8. The molecule has 6 heteroatoms. The quantitative estimate of drug-likeness (QED) is 0.590. The van der Waals surface area contributed by atoms with Gasteiger partial charge in [0.15, 0.2) is 5.69 Å². The van der Waals surface area contributed by atoms with E-state index in [1.165, 1.54) is 0 Å². The Morgan fingerprint density at radius 1 is 1.44 bits per heavy atom. The first-order valence-corrected chi connectivity index (χ1v) is 5.33. The highest BCUT2D eigenvalue weighted by Gasteiger charge is 2.05. The van der Waals surface area contributed by atoms with E-state index in [1.807, 2.05) is 6.92 Å². The van der Waals surface area contributed by atoms with Gasteiger partial charge < -0.3 is 16.4 Å². The molecule has 0 spiro atoms. The Labute approximate surface area is 94.6 Å². The van der Waals surface area contributed by atoms with Crippen molar-refractivity contribution in [1.29, 1.82) is 0 Å². The minimum atomic E-state index is -0.205. The molecule has 0 saturated carbocycles. The number of amides is 1. The third kappa shape index (κ3) is 3.82. The maximum absolute atomic E-state index is 11.4. The van der Waals surface area contributed by atoms with Crippen molar-refractivity contribution in [3.8, 4) is 0 Å². The predicted molar refractivity (Wildman–Crippen MR) is 62.2 cm³/mol. The second-order valence-electron chi connectivity index (χ2n) is 3.23. The van der Waals surface area contributed by atoms with E-state index < -0.39 is 0 Å². The van der Waals surface area contributed by atoms with Crippen LogP contribution in [-0.2, 0) is 0 Å². The van der Waals surface area contributed by atoms with E-state index in [-0.39, 0.29) is 5.91 Å². The molecule has 1 rings (SSSR count). The van der Waals surface area contributed by atoms with Crippen molar-refractivity contribution in [3.05, 3.63) is 17.8 Å². The van der Waals surface area contributed by atoms with Gasteiger partial charge >= 0.3 is 0 Å². The fourth-order valence-corrected chi connectivity index (χ4v) is 1.12. The molecule has 0 aliphatic rings. The molecule has 1 amide bonds. The molecule has 1 aromatic heterocycles. The average Bonchev–Trinajstić information content (AvgIpc) is 2.30. The summed E-state index contributed by atoms with van der Waals surface area (Å²) in [5.41, 5.74) is 5.69. The molecule has 0 unspecified atom stereocenters. The fraction of sp³-hybridized carbons (Fsp3) is 0.500. The SMILES string of the molecule is CCNC(=O)c1ccc(NCCCN)nn1. The Kier molecular flexibility index (Phi) is 5.21. The Morgan fingerprint density at radius 3 is 2.81 bits per heavy atom. The molecular weight excluding hydrogens is 206 g/mol. The Morgan fingerprint density at radius 2 is 2.25 bits per heavy atom. The van der Waals surface area contributed by atoms with Crippen LogP contribution in [0.3, 0.4) is 0 Å². The van der Waals surface area contributed by atoms with Crippen LogP contribution in [0.25, 0.3) is 0 Å². The minimum absolute atomic E-state index is 0.205. The van der Waals surface area contributed by atoms with Gasteiger partial charge in [0.25, 0.3) is 5.91 Å². The lowest BCUT2D eigenvalue weighted by Crippen LogP contribution is -2.24. The molecule has 0 bridgehead atoms. The summed E-state index contributed by atoms with van der Waals surface area (Å²) in [6, 6.07) is 3.37. The van der Waals surface area contributed by atoms with Gasteiger partial charge in [-0.25, -0.2) is 0 Å². The Bertz CT molecular complexity index is 324. The van der Waals surface area contributed by atoms with E-state index >= 15 is 0 Å². The normalized spacial score (nSPS) is 9.88. The van der Waals surface area contributed by atoms with Gasteiger partial charge in [0.1, 0.15) is 5.82 Å². The topological polar surface area (TPSA) is 92.9 Å². The summed E-state index contributed by atoms with van der Waals surface area (Å²) in [5, 5.41) is 13.4. The minimum Gasteiger partial charge on any atom is -0.369 e.